The van der Waals surface area contributed by atoms with E-state index < -0.39 is 11.9 Å². The van der Waals surface area contributed by atoms with Gasteiger partial charge in [-0.2, -0.15) is 0 Å². The van der Waals surface area contributed by atoms with Gasteiger partial charge < -0.3 is 14.8 Å². The van der Waals surface area contributed by atoms with Gasteiger partial charge in [0, 0.05) is 12.4 Å². The SMILES string of the molecule is COC(=O)c1cnc(Cl)c(I)c1.O=C(O)c1c[nH]c(=O)c(I)c1. The number of H-pyrrole nitrogens is 1. The highest BCUT2D eigenvalue weighted by Crippen LogP contribution is 2.16. The molecule has 0 saturated heterocycles. The molecular weight excluding hydrogens is 553 g/mol. The molecule has 2 aromatic rings. The Labute approximate surface area is 162 Å². The average Bonchev–Trinajstić information content (AvgIpc) is 2.52. The molecule has 7 nitrogen and oxygen atoms in total. The Hall–Kier alpha value is -1.21. The standard InChI is InChI=1S/C7H5ClINO2.C6H4INO3/c1-12-7(11)4-2-5(9)6(8)10-3-4;7-4-1-3(6(10)11)2-8-5(4)9/h2-3H,1H3;1-2H,(H,8,9)(H,10,11). The maximum absolute atomic E-state index is 11.0. The van der Waals surface area contributed by atoms with Crippen LogP contribution in [0.4, 0.5) is 0 Å². The van der Waals surface area contributed by atoms with E-state index in [1.165, 1.54) is 25.6 Å². The first-order chi connectivity index (χ1) is 10.8. The van der Waals surface area contributed by atoms with Gasteiger partial charge in [0.05, 0.1) is 25.4 Å². The third-order valence-corrected chi connectivity index (χ3v) is 4.57. The monoisotopic (exact) mass is 562 g/mol. The number of carbonyl (C=O) groups is 2. The Balaban J connectivity index is 0.000000231. The fraction of sp³-hybridized carbons (Fsp3) is 0.0769. The number of hydrogen-bond donors (Lipinski definition) is 2. The van der Waals surface area contributed by atoms with Crippen molar-refractivity contribution in [2.45, 2.75) is 0 Å². The molecule has 0 aliphatic rings. The Morgan fingerprint density at radius 1 is 1.26 bits per heavy atom. The highest BCUT2D eigenvalue weighted by atomic mass is 127. The number of aromatic nitrogens is 2. The van der Waals surface area contributed by atoms with Crippen molar-refractivity contribution in [2.24, 2.45) is 0 Å². The molecule has 2 aromatic heterocycles. The zero-order valence-corrected chi connectivity index (χ0v) is 16.5. The van der Waals surface area contributed by atoms with Crippen LogP contribution in [0.25, 0.3) is 0 Å². The number of nitrogens with one attached hydrogen (secondary N) is 1. The smallest absolute Gasteiger partial charge is 0.339 e. The van der Waals surface area contributed by atoms with Gasteiger partial charge in [0.2, 0.25) is 0 Å². The number of aromatic carboxylic acids is 1. The van der Waals surface area contributed by atoms with E-state index in [1.807, 2.05) is 22.6 Å². The fourth-order valence-electron chi connectivity index (χ4n) is 1.23. The average molecular weight is 562 g/mol. The molecule has 0 unspecified atom stereocenters. The Morgan fingerprint density at radius 3 is 2.35 bits per heavy atom. The number of carboxylic acid groups (broad SMARTS) is 1. The first-order valence-electron chi connectivity index (χ1n) is 5.77. The van der Waals surface area contributed by atoms with Crippen molar-refractivity contribution in [3.05, 3.63) is 58.3 Å². The number of esters is 1. The number of methoxy groups -OCH3 is 1. The van der Waals surface area contributed by atoms with Crippen molar-refractivity contribution in [3.63, 3.8) is 0 Å². The van der Waals surface area contributed by atoms with Crippen LogP contribution in [0.5, 0.6) is 0 Å². The van der Waals surface area contributed by atoms with Gasteiger partial charge in [0.15, 0.2) is 0 Å². The van der Waals surface area contributed by atoms with Crippen LogP contribution in [0, 0.1) is 7.14 Å². The Kier molecular flexibility index (Phi) is 7.91. The zero-order valence-electron chi connectivity index (χ0n) is 11.5. The lowest BCUT2D eigenvalue weighted by Gasteiger charge is -1.99. The highest BCUT2D eigenvalue weighted by molar-refractivity contribution is 14.1. The second-order valence-electron chi connectivity index (χ2n) is 3.86. The minimum absolute atomic E-state index is 0.0917. The van der Waals surface area contributed by atoms with Crippen molar-refractivity contribution in [2.75, 3.05) is 7.11 Å². The molecule has 0 bridgehead atoms. The number of carbonyl (C=O) groups excluding carboxylic acids is 1. The topological polar surface area (TPSA) is 109 Å². The van der Waals surface area contributed by atoms with E-state index in [-0.39, 0.29) is 11.1 Å². The lowest BCUT2D eigenvalue weighted by atomic mass is 10.3. The number of nitrogens with zero attached hydrogens (tertiary/aromatic N) is 1. The largest absolute Gasteiger partial charge is 0.478 e. The molecule has 0 radical (unpaired) electrons. The summed E-state index contributed by atoms with van der Waals surface area (Å²) in [6.07, 6.45) is 2.56. The first-order valence-corrected chi connectivity index (χ1v) is 8.30. The van der Waals surface area contributed by atoms with E-state index in [2.05, 4.69) is 14.7 Å². The Bertz CT molecular complexity index is 794. The van der Waals surface area contributed by atoms with E-state index in [0.29, 0.717) is 14.3 Å². The minimum Gasteiger partial charge on any atom is -0.478 e. The maximum atomic E-state index is 11.0. The summed E-state index contributed by atoms with van der Waals surface area (Å²) in [5.41, 5.74) is 0.232. The van der Waals surface area contributed by atoms with E-state index in [0.717, 1.165) is 3.57 Å². The van der Waals surface area contributed by atoms with Gasteiger partial charge in [0.25, 0.3) is 5.56 Å². The van der Waals surface area contributed by atoms with Crippen molar-refractivity contribution in [1.29, 1.82) is 0 Å². The minimum atomic E-state index is -1.04. The second-order valence-corrected chi connectivity index (χ2v) is 6.54. The number of hydrogen-bond acceptors (Lipinski definition) is 5. The van der Waals surface area contributed by atoms with E-state index in [1.54, 1.807) is 28.7 Å². The molecule has 0 amide bonds. The Morgan fingerprint density at radius 2 is 1.87 bits per heavy atom. The highest BCUT2D eigenvalue weighted by Gasteiger charge is 2.07. The molecule has 10 heteroatoms. The molecule has 2 rings (SSSR count). The van der Waals surface area contributed by atoms with Gasteiger partial charge in [-0.25, -0.2) is 14.6 Å². The van der Waals surface area contributed by atoms with E-state index >= 15 is 0 Å². The van der Waals surface area contributed by atoms with Crippen LogP contribution in [0.3, 0.4) is 0 Å². The van der Waals surface area contributed by atoms with Crippen molar-refractivity contribution in [3.8, 4) is 0 Å². The molecule has 0 atom stereocenters. The van der Waals surface area contributed by atoms with Crippen LogP contribution in [0.15, 0.2) is 29.3 Å². The zero-order chi connectivity index (χ0) is 17.6. The summed E-state index contributed by atoms with van der Waals surface area (Å²) < 4.78 is 5.62. The summed E-state index contributed by atoms with van der Waals surface area (Å²) in [7, 11) is 1.32. The molecule has 23 heavy (non-hydrogen) atoms. The predicted molar refractivity (Wildman–Crippen MR) is 100 cm³/mol. The van der Waals surface area contributed by atoms with E-state index in [4.69, 9.17) is 16.7 Å². The summed E-state index contributed by atoms with van der Waals surface area (Å²) in [5, 5.41) is 8.87. The molecule has 0 aliphatic carbocycles. The number of ether oxygens (including phenoxy) is 1. The fourth-order valence-corrected chi connectivity index (χ4v) is 2.30. The second kappa shape index (κ2) is 9.17. The quantitative estimate of drug-likeness (QED) is 0.331. The summed E-state index contributed by atoms with van der Waals surface area (Å²) in [4.78, 5) is 38.2. The maximum Gasteiger partial charge on any atom is 0.339 e. The number of aromatic amines is 1. The number of carboxylic acids is 1. The number of rotatable bonds is 2. The third kappa shape index (κ3) is 6.06. The molecular formula is C13H9ClI2N2O5. The molecule has 2 heterocycles. The van der Waals surface area contributed by atoms with Gasteiger partial charge in [0.1, 0.15) is 5.15 Å². The molecule has 2 N–H and O–H groups in total. The molecule has 0 fully saturated rings. The third-order valence-electron chi connectivity index (χ3n) is 2.32. The van der Waals surface area contributed by atoms with Crippen LogP contribution in [0.2, 0.25) is 5.15 Å². The number of pyridine rings is 2. The van der Waals surface area contributed by atoms with Gasteiger partial charge in [-0.05, 0) is 57.3 Å². The first kappa shape index (κ1) is 19.8. The predicted octanol–water partition coefficient (Wildman–Crippen LogP) is 2.80. The molecule has 0 aliphatic heterocycles. The molecule has 0 aromatic carbocycles. The lowest BCUT2D eigenvalue weighted by Crippen LogP contribution is -2.11. The van der Waals surface area contributed by atoms with Crippen LogP contribution >= 0.6 is 56.8 Å². The van der Waals surface area contributed by atoms with Crippen LogP contribution in [0.1, 0.15) is 20.7 Å². The van der Waals surface area contributed by atoms with Crippen molar-refractivity contribution >= 4 is 68.7 Å². The summed E-state index contributed by atoms with van der Waals surface area (Å²) in [6, 6.07) is 2.95. The number of halogens is 3. The molecule has 0 saturated carbocycles. The summed E-state index contributed by atoms with van der Waals surface area (Å²) in [6.45, 7) is 0. The van der Waals surface area contributed by atoms with Gasteiger partial charge in [-0.15, -0.1) is 0 Å². The van der Waals surface area contributed by atoms with Gasteiger partial charge in [-0.3, -0.25) is 4.79 Å². The molecule has 0 spiro atoms. The van der Waals surface area contributed by atoms with Crippen molar-refractivity contribution in [1.82, 2.24) is 9.97 Å². The van der Waals surface area contributed by atoms with Gasteiger partial charge >= 0.3 is 11.9 Å². The summed E-state index contributed by atoms with van der Waals surface area (Å²) >= 11 is 9.43. The van der Waals surface area contributed by atoms with Crippen LogP contribution in [-0.2, 0) is 4.74 Å². The lowest BCUT2D eigenvalue weighted by molar-refractivity contribution is 0.0599. The van der Waals surface area contributed by atoms with Crippen LogP contribution < -0.4 is 5.56 Å². The molecule has 122 valence electrons. The van der Waals surface area contributed by atoms with E-state index in [9.17, 15) is 14.4 Å². The van der Waals surface area contributed by atoms with Crippen LogP contribution in [-0.4, -0.2) is 34.1 Å². The summed E-state index contributed by atoms with van der Waals surface area (Å²) in [5.74, 6) is -1.45. The van der Waals surface area contributed by atoms with Crippen molar-refractivity contribution < 1.29 is 19.4 Å². The normalized spacial score (nSPS) is 9.57. The van der Waals surface area contributed by atoms with Gasteiger partial charge in [-0.1, -0.05) is 11.6 Å².